The average Bonchev–Trinajstić information content (AvgIpc) is 2.92. The molecule has 3 aromatic rings. The number of halogens is 1. The molecule has 0 atom stereocenters. The standard InChI is InChI=1S/C16H14FN3O2/c1-3-22-16(21)13-7-8-20-10(2)18-14(19-15(13)20)11-5-4-6-12(17)9-11/h4-9H,3H2,1-2H3. The first-order valence-corrected chi connectivity index (χ1v) is 6.89. The van der Waals surface area contributed by atoms with E-state index in [2.05, 4.69) is 9.97 Å². The van der Waals surface area contributed by atoms with Crippen molar-refractivity contribution in [3.8, 4) is 11.4 Å². The molecule has 3 rings (SSSR count). The van der Waals surface area contributed by atoms with Gasteiger partial charge in [0.2, 0.25) is 0 Å². The molecular weight excluding hydrogens is 285 g/mol. The lowest BCUT2D eigenvalue weighted by Crippen LogP contribution is -2.07. The van der Waals surface area contributed by atoms with Crippen molar-refractivity contribution >= 4 is 11.6 Å². The van der Waals surface area contributed by atoms with Crippen LogP contribution in [0.15, 0.2) is 36.5 Å². The summed E-state index contributed by atoms with van der Waals surface area (Å²) >= 11 is 0. The summed E-state index contributed by atoms with van der Waals surface area (Å²) < 4.78 is 20.1. The summed E-state index contributed by atoms with van der Waals surface area (Å²) in [6, 6.07) is 7.68. The number of aromatic nitrogens is 3. The lowest BCUT2D eigenvalue weighted by atomic mass is 10.2. The lowest BCUT2D eigenvalue weighted by Gasteiger charge is -2.06. The molecule has 0 saturated heterocycles. The fourth-order valence-corrected chi connectivity index (χ4v) is 2.26. The maximum Gasteiger partial charge on any atom is 0.341 e. The number of benzene rings is 1. The number of nitrogens with zero attached hydrogens (tertiary/aromatic N) is 3. The zero-order chi connectivity index (χ0) is 15.7. The van der Waals surface area contributed by atoms with E-state index in [0.717, 1.165) is 0 Å². The molecule has 0 N–H and O–H groups in total. The van der Waals surface area contributed by atoms with Gasteiger partial charge in [0, 0.05) is 11.8 Å². The summed E-state index contributed by atoms with van der Waals surface area (Å²) in [7, 11) is 0. The van der Waals surface area contributed by atoms with Crippen molar-refractivity contribution in [3.05, 3.63) is 53.7 Å². The zero-order valence-electron chi connectivity index (χ0n) is 12.2. The van der Waals surface area contributed by atoms with Gasteiger partial charge in [-0.05, 0) is 32.0 Å². The van der Waals surface area contributed by atoms with Crippen molar-refractivity contribution in [1.29, 1.82) is 0 Å². The highest BCUT2D eigenvalue weighted by Crippen LogP contribution is 2.20. The monoisotopic (exact) mass is 299 g/mol. The Morgan fingerprint density at radius 1 is 1.32 bits per heavy atom. The number of fused-ring (bicyclic) bond motifs is 1. The number of ether oxygens (including phenoxy) is 1. The maximum atomic E-state index is 13.4. The summed E-state index contributed by atoms with van der Waals surface area (Å²) in [5, 5.41) is 0. The lowest BCUT2D eigenvalue weighted by molar-refractivity contribution is 0.0528. The van der Waals surface area contributed by atoms with Crippen LogP contribution in [0.25, 0.3) is 17.0 Å². The predicted molar refractivity (Wildman–Crippen MR) is 79.1 cm³/mol. The Morgan fingerprint density at radius 2 is 2.14 bits per heavy atom. The average molecular weight is 299 g/mol. The van der Waals surface area contributed by atoms with Crippen LogP contribution in [-0.4, -0.2) is 26.9 Å². The molecule has 22 heavy (non-hydrogen) atoms. The minimum Gasteiger partial charge on any atom is -0.462 e. The Morgan fingerprint density at radius 3 is 2.86 bits per heavy atom. The molecule has 0 fully saturated rings. The van der Waals surface area contributed by atoms with Crippen molar-refractivity contribution in [1.82, 2.24) is 14.4 Å². The van der Waals surface area contributed by atoms with E-state index >= 15 is 0 Å². The Kier molecular flexibility index (Phi) is 3.58. The van der Waals surface area contributed by atoms with Crippen molar-refractivity contribution in [2.75, 3.05) is 6.61 Å². The number of carbonyl (C=O) groups excluding carboxylic acids is 1. The van der Waals surface area contributed by atoms with Crippen molar-refractivity contribution in [3.63, 3.8) is 0 Å². The van der Waals surface area contributed by atoms with E-state index in [1.165, 1.54) is 12.1 Å². The van der Waals surface area contributed by atoms with E-state index < -0.39 is 5.97 Å². The molecule has 6 heteroatoms. The van der Waals surface area contributed by atoms with Crippen LogP contribution >= 0.6 is 0 Å². The minimum atomic E-state index is -0.437. The predicted octanol–water partition coefficient (Wildman–Crippen LogP) is 3.02. The first-order valence-electron chi connectivity index (χ1n) is 6.89. The van der Waals surface area contributed by atoms with E-state index in [1.54, 1.807) is 42.6 Å². The number of hydrogen-bond donors (Lipinski definition) is 0. The highest BCUT2D eigenvalue weighted by molar-refractivity contribution is 5.96. The van der Waals surface area contributed by atoms with Gasteiger partial charge in [-0.3, -0.25) is 4.40 Å². The number of hydrogen-bond acceptors (Lipinski definition) is 4. The Balaban J connectivity index is 2.18. The van der Waals surface area contributed by atoms with Crippen molar-refractivity contribution < 1.29 is 13.9 Å². The molecule has 5 nitrogen and oxygen atoms in total. The van der Waals surface area contributed by atoms with Gasteiger partial charge in [0.1, 0.15) is 17.2 Å². The molecular formula is C16H14FN3O2. The maximum absolute atomic E-state index is 13.4. The molecule has 0 aliphatic rings. The van der Waals surface area contributed by atoms with Gasteiger partial charge in [-0.1, -0.05) is 12.1 Å². The van der Waals surface area contributed by atoms with Gasteiger partial charge in [-0.15, -0.1) is 0 Å². The highest BCUT2D eigenvalue weighted by Gasteiger charge is 2.16. The molecule has 0 radical (unpaired) electrons. The van der Waals surface area contributed by atoms with Crippen LogP contribution in [0.2, 0.25) is 0 Å². The summed E-state index contributed by atoms with van der Waals surface area (Å²) in [5.41, 5.74) is 1.37. The molecule has 0 unspecified atom stereocenters. The van der Waals surface area contributed by atoms with Gasteiger partial charge >= 0.3 is 5.97 Å². The molecule has 0 aliphatic heterocycles. The molecule has 0 aliphatic carbocycles. The number of esters is 1. The molecule has 2 heterocycles. The molecule has 112 valence electrons. The molecule has 2 aromatic heterocycles. The van der Waals surface area contributed by atoms with Crippen LogP contribution in [0.3, 0.4) is 0 Å². The number of carbonyl (C=O) groups is 1. The smallest absolute Gasteiger partial charge is 0.341 e. The SMILES string of the molecule is CCOC(=O)c1ccn2c(C)nc(-c3cccc(F)c3)nc12. The van der Waals surface area contributed by atoms with Crippen LogP contribution < -0.4 is 0 Å². The first-order chi connectivity index (χ1) is 10.6. The van der Waals surface area contributed by atoms with Gasteiger partial charge in [0.05, 0.1) is 6.61 Å². The third kappa shape index (κ3) is 2.43. The second-order valence-electron chi connectivity index (χ2n) is 4.75. The van der Waals surface area contributed by atoms with E-state index in [1.807, 2.05) is 0 Å². The summed E-state index contributed by atoms with van der Waals surface area (Å²) in [5.74, 6) is 0.224. The summed E-state index contributed by atoms with van der Waals surface area (Å²) in [6.45, 7) is 3.83. The third-order valence-electron chi connectivity index (χ3n) is 3.27. The van der Waals surface area contributed by atoms with E-state index in [-0.39, 0.29) is 12.4 Å². The quantitative estimate of drug-likeness (QED) is 0.698. The normalized spacial score (nSPS) is 10.9. The number of rotatable bonds is 3. The second kappa shape index (κ2) is 5.55. The topological polar surface area (TPSA) is 56.5 Å². The van der Waals surface area contributed by atoms with Crippen molar-refractivity contribution in [2.24, 2.45) is 0 Å². The van der Waals surface area contributed by atoms with Crippen LogP contribution in [0, 0.1) is 12.7 Å². The van der Waals surface area contributed by atoms with E-state index in [4.69, 9.17) is 4.74 Å². The van der Waals surface area contributed by atoms with Gasteiger partial charge in [-0.25, -0.2) is 19.2 Å². The van der Waals surface area contributed by atoms with E-state index in [0.29, 0.717) is 28.4 Å². The van der Waals surface area contributed by atoms with Crippen LogP contribution in [0.1, 0.15) is 23.1 Å². The van der Waals surface area contributed by atoms with Crippen LogP contribution in [0.5, 0.6) is 0 Å². The van der Waals surface area contributed by atoms with Crippen LogP contribution in [-0.2, 0) is 4.74 Å². The number of aryl methyl sites for hydroxylation is 1. The van der Waals surface area contributed by atoms with Gasteiger partial charge < -0.3 is 4.74 Å². The molecule has 0 saturated carbocycles. The van der Waals surface area contributed by atoms with E-state index in [9.17, 15) is 9.18 Å². The highest BCUT2D eigenvalue weighted by atomic mass is 19.1. The Hall–Kier alpha value is -2.76. The summed E-state index contributed by atoms with van der Waals surface area (Å²) in [6.07, 6.45) is 1.71. The molecule has 1 aromatic carbocycles. The fraction of sp³-hybridized carbons (Fsp3) is 0.188. The fourth-order valence-electron chi connectivity index (χ4n) is 2.26. The molecule has 0 amide bonds. The Bertz CT molecular complexity index is 858. The van der Waals surface area contributed by atoms with Crippen molar-refractivity contribution in [2.45, 2.75) is 13.8 Å². The van der Waals surface area contributed by atoms with Crippen LogP contribution in [0.4, 0.5) is 4.39 Å². The van der Waals surface area contributed by atoms with Gasteiger partial charge in [0.15, 0.2) is 11.5 Å². The molecule has 0 bridgehead atoms. The van der Waals surface area contributed by atoms with Gasteiger partial charge in [0.25, 0.3) is 0 Å². The largest absolute Gasteiger partial charge is 0.462 e. The zero-order valence-corrected chi connectivity index (χ0v) is 12.2. The third-order valence-corrected chi connectivity index (χ3v) is 3.27. The summed E-state index contributed by atoms with van der Waals surface area (Å²) in [4.78, 5) is 20.7. The Labute approximate surface area is 126 Å². The minimum absolute atomic E-state index is 0.289. The molecule has 0 spiro atoms. The first kappa shape index (κ1) is 14.2. The second-order valence-corrected chi connectivity index (χ2v) is 4.75. The van der Waals surface area contributed by atoms with Gasteiger partial charge in [-0.2, -0.15) is 0 Å².